The molecule has 1 aromatic heterocycles. The zero-order valence-electron chi connectivity index (χ0n) is 19.7. The third kappa shape index (κ3) is 5.53. The molecular formula is C28H25NO5S. The molecule has 7 heteroatoms. The summed E-state index contributed by atoms with van der Waals surface area (Å²) in [5, 5.41) is 0. The lowest BCUT2D eigenvalue weighted by Gasteiger charge is -2.06. The molecular weight excluding hydrogens is 462 g/mol. The van der Waals surface area contributed by atoms with E-state index in [0.717, 1.165) is 16.9 Å². The molecule has 1 heterocycles. The fourth-order valence-corrected chi connectivity index (χ4v) is 4.68. The lowest BCUT2D eigenvalue weighted by molar-refractivity contribution is 0.105. The van der Waals surface area contributed by atoms with E-state index in [1.165, 1.54) is 24.5 Å². The molecule has 0 saturated carbocycles. The van der Waals surface area contributed by atoms with Crippen LogP contribution in [0.1, 0.15) is 21.5 Å². The Bertz CT molecular complexity index is 1520. The van der Waals surface area contributed by atoms with Crippen LogP contribution >= 0.6 is 11.3 Å². The van der Waals surface area contributed by atoms with Crippen molar-refractivity contribution in [2.75, 3.05) is 21.3 Å². The SMILES string of the molecule is COc1ccc(/C=c2/s/c(=C\C(=O)c3ccccc3OC)n(Cc3cccc(OC)c3)c2=O)cc1. The van der Waals surface area contributed by atoms with Crippen LogP contribution in [0.25, 0.3) is 12.2 Å². The molecule has 0 aliphatic carbocycles. The molecule has 6 nitrogen and oxygen atoms in total. The number of hydrogen-bond acceptors (Lipinski definition) is 6. The highest BCUT2D eigenvalue weighted by molar-refractivity contribution is 7.07. The van der Waals surface area contributed by atoms with E-state index in [1.807, 2.05) is 54.6 Å². The lowest BCUT2D eigenvalue weighted by atomic mass is 10.1. The van der Waals surface area contributed by atoms with Gasteiger partial charge in [-0.1, -0.05) is 36.4 Å². The second-order valence-corrected chi connectivity index (χ2v) is 8.74. The summed E-state index contributed by atoms with van der Waals surface area (Å²) in [7, 11) is 4.73. The van der Waals surface area contributed by atoms with Crippen LogP contribution in [0.3, 0.4) is 0 Å². The number of carbonyl (C=O) groups is 1. The van der Waals surface area contributed by atoms with Crippen LogP contribution in [-0.2, 0) is 6.54 Å². The van der Waals surface area contributed by atoms with Crippen molar-refractivity contribution in [1.82, 2.24) is 4.57 Å². The van der Waals surface area contributed by atoms with Crippen LogP contribution in [0.15, 0.2) is 77.6 Å². The van der Waals surface area contributed by atoms with Crippen LogP contribution in [0, 0.1) is 0 Å². The monoisotopic (exact) mass is 487 g/mol. The Morgan fingerprint density at radius 2 is 1.63 bits per heavy atom. The standard InChI is InChI=1S/C28H25NO5S/c1-32-21-13-11-19(12-14-21)16-26-28(31)29(18-20-7-6-8-22(15-20)33-2)27(35-26)17-24(30)23-9-4-5-10-25(23)34-3/h4-17H,18H2,1-3H3/b26-16+,27-17-. The summed E-state index contributed by atoms with van der Waals surface area (Å²) < 4.78 is 18.6. The van der Waals surface area contributed by atoms with Crippen LogP contribution in [0.5, 0.6) is 17.2 Å². The first-order valence-corrected chi connectivity index (χ1v) is 11.7. The average molecular weight is 488 g/mol. The topological polar surface area (TPSA) is 66.8 Å². The molecule has 3 aromatic carbocycles. The number of ketones is 1. The van der Waals surface area contributed by atoms with Crippen LogP contribution in [0.2, 0.25) is 0 Å². The van der Waals surface area contributed by atoms with Gasteiger partial charge in [-0.05, 0) is 53.6 Å². The lowest BCUT2D eigenvalue weighted by Crippen LogP contribution is -2.32. The third-order valence-corrected chi connectivity index (χ3v) is 6.51. The number of Topliss-reactive ketones (excluding diaryl/α,β-unsaturated/α-hetero) is 1. The number of methoxy groups -OCH3 is 3. The van der Waals surface area contributed by atoms with Crippen LogP contribution < -0.4 is 29.0 Å². The number of carbonyl (C=O) groups excluding carboxylic acids is 1. The molecule has 0 bridgehead atoms. The highest BCUT2D eigenvalue weighted by Gasteiger charge is 2.12. The molecule has 0 aliphatic heterocycles. The van der Waals surface area contributed by atoms with Gasteiger partial charge in [0.1, 0.15) is 21.9 Å². The highest BCUT2D eigenvalue weighted by atomic mass is 32.1. The van der Waals surface area contributed by atoms with Gasteiger partial charge in [0.25, 0.3) is 5.56 Å². The summed E-state index contributed by atoms with van der Waals surface area (Å²) in [5.41, 5.74) is 2.01. The van der Waals surface area contributed by atoms with E-state index in [1.54, 1.807) is 43.1 Å². The number of thiazole rings is 1. The molecule has 0 N–H and O–H groups in total. The first-order valence-electron chi connectivity index (χ1n) is 10.9. The van der Waals surface area contributed by atoms with E-state index in [0.29, 0.717) is 32.8 Å². The summed E-state index contributed by atoms with van der Waals surface area (Å²) in [6, 6.07) is 22.0. The average Bonchev–Trinajstić information content (AvgIpc) is 3.17. The summed E-state index contributed by atoms with van der Waals surface area (Å²) in [5.74, 6) is 1.68. The van der Waals surface area contributed by atoms with Gasteiger partial charge in [0.15, 0.2) is 5.78 Å². The van der Waals surface area contributed by atoms with Crippen molar-refractivity contribution < 1.29 is 19.0 Å². The smallest absolute Gasteiger partial charge is 0.269 e. The van der Waals surface area contributed by atoms with Gasteiger partial charge in [0.2, 0.25) is 0 Å². The van der Waals surface area contributed by atoms with Crippen molar-refractivity contribution in [2.45, 2.75) is 6.54 Å². The highest BCUT2D eigenvalue weighted by Crippen LogP contribution is 2.18. The van der Waals surface area contributed by atoms with Gasteiger partial charge in [-0.3, -0.25) is 14.2 Å². The molecule has 0 aliphatic rings. The fraction of sp³-hybridized carbons (Fsp3) is 0.143. The summed E-state index contributed by atoms with van der Waals surface area (Å²) in [4.78, 5) is 26.6. The molecule has 0 amide bonds. The van der Waals surface area contributed by atoms with E-state index < -0.39 is 0 Å². The van der Waals surface area contributed by atoms with Crippen molar-refractivity contribution >= 4 is 29.3 Å². The third-order valence-electron chi connectivity index (χ3n) is 5.45. The summed E-state index contributed by atoms with van der Waals surface area (Å²) >= 11 is 1.27. The molecule has 4 rings (SSSR count). The van der Waals surface area contributed by atoms with Gasteiger partial charge in [0, 0.05) is 6.08 Å². The Hall–Kier alpha value is -4.10. The van der Waals surface area contributed by atoms with Gasteiger partial charge < -0.3 is 14.2 Å². The number of aromatic nitrogens is 1. The molecule has 0 spiro atoms. The first kappa shape index (κ1) is 24.0. The number of hydrogen-bond donors (Lipinski definition) is 0. The van der Waals surface area contributed by atoms with E-state index in [-0.39, 0.29) is 11.3 Å². The second kappa shape index (κ2) is 10.9. The number of nitrogens with zero attached hydrogens (tertiary/aromatic N) is 1. The number of ether oxygens (including phenoxy) is 3. The molecule has 178 valence electrons. The predicted octanol–water partition coefficient (Wildman–Crippen LogP) is 3.48. The van der Waals surface area contributed by atoms with Gasteiger partial charge >= 0.3 is 0 Å². The van der Waals surface area contributed by atoms with Crippen LogP contribution in [0.4, 0.5) is 0 Å². The summed E-state index contributed by atoms with van der Waals surface area (Å²) in [6.45, 7) is 0.300. The Balaban J connectivity index is 1.85. The zero-order chi connectivity index (χ0) is 24.8. The quantitative estimate of drug-likeness (QED) is 0.356. The second-order valence-electron chi connectivity index (χ2n) is 7.67. The largest absolute Gasteiger partial charge is 0.497 e. The van der Waals surface area contributed by atoms with Gasteiger partial charge in [-0.25, -0.2) is 0 Å². The van der Waals surface area contributed by atoms with E-state index in [9.17, 15) is 9.59 Å². The Kier molecular flexibility index (Phi) is 7.48. The van der Waals surface area contributed by atoms with Gasteiger partial charge in [-0.15, -0.1) is 11.3 Å². The van der Waals surface area contributed by atoms with Crippen molar-refractivity contribution in [3.05, 3.63) is 109 Å². The van der Waals surface area contributed by atoms with Crippen molar-refractivity contribution in [1.29, 1.82) is 0 Å². The van der Waals surface area contributed by atoms with E-state index in [2.05, 4.69) is 0 Å². The normalized spacial score (nSPS) is 12.0. The zero-order valence-corrected chi connectivity index (χ0v) is 20.5. The minimum atomic E-state index is -0.237. The molecule has 0 fully saturated rings. The predicted molar refractivity (Wildman–Crippen MR) is 138 cm³/mol. The molecule has 0 radical (unpaired) electrons. The molecule has 0 unspecified atom stereocenters. The van der Waals surface area contributed by atoms with Crippen LogP contribution in [-0.4, -0.2) is 31.7 Å². The Morgan fingerprint density at radius 1 is 0.886 bits per heavy atom. The number of para-hydroxylation sites is 1. The number of benzene rings is 3. The van der Waals surface area contributed by atoms with Crippen molar-refractivity contribution in [3.8, 4) is 17.2 Å². The van der Waals surface area contributed by atoms with Crippen molar-refractivity contribution in [2.24, 2.45) is 0 Å². The van der Waals surface area contributed by atoms with E-state index >= 15 is 0 Å². The molecule has 4 aromatic rings. The maximum Gasteiger partial charge on any atom is 0.269 e. The fourth-order valence-electron chi connectivity index (χ4n) is 3.64. The van der Waals surface area contributed by atoms with Gasteiger partial charge in [-0.2, -0.15) is 0 Å². The maximum absolute atomic E-state index is 13.4. The minimum Gasteiger partial charge on any atom is -0.497 e. The Morgan fingerprint density at radius 3 is 2.34 bits per heavy atom. The molecule has 0 atom stereocenters. The minimum absolute atomic E-state index is 0.173. The van der Waals surface area contributed by atoms with E-state index in [4.69, 9.17) is 14.2 Å². The Labute approximate surface area is 207 Å². The first-order chi connectivity index (χ1) is 17.0. The number of rotatable bonds is 8. The molecule has 35 heavy (non-hydrogen) atoms. The maximum atomic E-state index is 13.4. The molecule has 0 saturated heterocycles. The van der Waals surface area contributed by atoms with Gasteiger partial charge in [0.05, 0.1) is 38.0 Å². The summed E-state index contributed by atoms with van der Waals surface area (Å²) in [6.07, 6.45) is 3.31. The van der Waals surface area contributed by atoms with Crippen molar-refractivity contribution in [3.63, 3.8) is 0 Å².